The molecule has 0 radical (unpaired) electrons. The predicted molar refractivity (Wildman–Crippen MR) is 54.1 cm³/mol. The van der Waals surface area contributed by atoms with Crippen molar-refractivity contribution in [1.82, 2.24) is 0 Å². The Morgan fingerprint density at radius 2 is 2.00 bits per heavy atom. The second-order valence-corrected chi connectivity index (χ2v) is 4.03. The van der Waals surface area contributed by atoms with E-state index in [1.165, 1.54) is 0 Å². The minimum absolute atomic E-state index is 0.195. The highest BCUT2D eigenvalue weighted by Gasteiger charge is 2.27. The molecule has 1 aliphatic rings. The number of halogens is 1. The molecule has 70 valence electrons. The highest BCUT2D eigenvalue weighted by atomic mass is 35.5. The zero-order valence-corrected chi connectivity index (χ0v) is 8.17. The molecule has 0 amide bonds. The molecule has 1 nitrogen and oxygen atoms in total. The Morgan fingerprint density at radius 3 is 2.62 bits per heavy atom. The summed E-state index contributed by atoms with van der Waals surface area (Å²) >= 11 is 6.06. The number of hydrogen-bond donors (Lipinski definition) is 1. The SMILES string of the molecule is O[C@@H]1CCC[C@H]1c1ccccc1Cl. The number of aliphatic hydroxyl groups excluding tert-OH is 1. The molecule has 0 aromatic heterocycles. The second kappa shape index (κ2) is 3.69. The van der Waals surface area contributed by atoms with Crippen LogP contribution in [0, 0.1) is 0 Å². The number of hydrogen-bond acceptors (Lipinski definition) is 1. The van der Waals surface area contributed by atoms with E-state index in [9.17, 15) is 5.11 Å². The smallest absolute Gasteiger partial charge is 0.0609 e. The molecule has 0 unspecified atom stereocenters. The van der Waals surface area contributed by atoms with Gasteiger partial charge < -0.3 is 5.11 Å². The standard InChI is InChI=1S/C11H13ClO/c12-10-6-2-1-4-8(10)9-5-3-7-11(9)13/h1-2,4,6,9,11,13H,3,5,7H2/t9-,11+/m0/s1. The van der Waals surface area contributed by atoms with Gasteiger partial charge in [0.25, 0.3) is 0 Å². The molecule has 1 saturated carbocycles. The van der Waals surface area contributed by atoms with E-state index in [4.69, 9.17) is 11.6 Å². The lowest BCUT2D eigenvalue weighted by molar-refractivity contribution is 0.164. The molecule has 2 rings (SSSR count). The predicted octanol–water partition coefficient (Wildman–Crippen LogP) is 2.97. The van der Waals surface area contributed by atoms with Crippen LogP contribution in [0.5, 0.6) is 0 Å². The summed E-state index contributed by atoms with van der Waals surface area (Å²) in [5.41, 5.74) is 1.11. The number of benzene rings is 1. The van der Waals surface area contributed by atoms with Gasteiger partial charge in [0.05, 0.1) is 6.10 Å². The largest absolute Gasteiger partial charge is 0.392 e. The molecule has 1 aromatic rings. The number of aliphatic hydroxyl groups is 1. The topological polar surface area (TPSA) is 20.2 Å². The van der Waals surface area contributed by atoms with Crippen LogP contribution in [-0.2, 0) is 0 Å². The van der Waals surface area contributed by atoms with Gasteiger partial charge in [0.2, 0.25) is 0 Å². The molecule has 2 heteroatoms. The summed E-state index contributed by atoms with van der Waals surface area (Å²) in [4.78, 5) is 0. The lowest BCUT2D eigenvalue weighted by atomic mass is 9.96. The Kier molecular flexibility index (Phi) is 2.56. The van der Waals surface area contributed by atoms with E-state index >= 15 is 0 Å². The molecule has 0 saturated heterocycles. The minimum Gasteiger partial charge on any atom is -0.392 e. The van der Waals surface area contributed by atoms with Crippen LogP contribution in [0.4, 0.5) is 0 Å². The van der Waals surface area contributed by atoms with Crippen LogP contribution in [0.15, 0.2) is 24.3 Å². The Hall–Kier alpha value is -0.530. The highest BCUT2D eigenvalue weighted by molar-refractivity contribution is 6.31. The van der Waals surface area contributed by atoms with Gasteiger partial charge in [0, 0.05) is 10.9 Å². The van der Waals surface area contributed by atoms with Crippen LogP contribution in [0.1, 0.15) is 30.7 Å². The van der Waals surface area contributed by atoms with Gasteiger partial charge >= 0.3 is 0 Å². The third-order valence-corrected chi connectivity index (χ3v) is 3.13. The van der Waals surface area contributed by atoms with Crippen LogP contribution in [-0.4, -0.2) is 11.2 Å². The van der Waals surface area contributed by atoms with Crippen molar-refractivity contribution in [1.29, 1.82) is 0 Å². The molecule has 1 fully saturated rings. The van der Waals surface area contributed by atoms with Crippen molar-refractivity contribution < 1.29 is 5.11 Å². The molecular formula is C11H13ClO. The maximum Gasteiger partial charge on any atom is 0.0609 e. The van der Waals surface area contributed by atoms with Gasteiger partial charge in [-0.05, 0) is 24.5 Å². The van der Waals surface area contributed by atoms with E-state index in [-0.39, 0.29) is 12.0 Å². The van der Waals surface area contributed by atoms with Crippen LogP contribution in [0.2, 0.25) is 5.02 Å². The summed E-state index contributed by atoms with van der Waals surface area (Å²) in [6.45, 7) is 0. The molecule has 2 atom stereocenters. The Morgan fingerprint density at radius 1 is 1.23 bits per heavy atom. The van der Waals surface area contributed by atoms with Gasteiger partial charge in [-0.3, -0.25) is 0 Å². The summed E-state index contributed by atoms with van der Waals surface area (Å²) in [6, 6.07) is 7.81. The second-order valence-electron chi connectivity index (χ2n) is 3.63. The molecule has 0 heterocycles. The normalized spacial score (nSPS) is 27.8. The zero-order valence-electron chi connectivity index (χ0n) is 7.41. The van der Waals surface area contributed by atoms with Crippen LogP contribution >= 0.6 is 11.6 Å². The Bertz CT molecular complexity index is 298. The van der Waals surface area contributed by atoms with Crippen LogP contribution in [0.3, 0.4) is 0 Å². The molecule has 1 aromatic carbocycles. The molecule has 13 heavy (non-hydrogen) atoms. The van der Waals surface area contributed by atoms with Crippen molar-refractivity contribution in [3.8, 4) is 0 Å². The van der Waals surface area contributed by atoms with Crippen LogP contribution in [0.25, 0.3) is 0 Å². The molecule has 1 N–H and O–H groups in total. The Labute approximate surface area is 83.3 Å². The average Bonchev–Trinajstić information content (AvgIpc) is 2.52. The lowest BCUT2D eigenvalue weighted by Crippen LogP contribution is -2.11. The van der Waals surface area contributed by atoms with Gasteiger partial charge in [0.15, 0.2) is 0 Å². The van der Waals surface area contributed by atoms with E-state index in [0.717, 1.165) is 29.8 Å². The van der Waals surface area contributed by atoms with Crippen molar-refractivity contribution in [3.63, 3.8) is 0 Å². The fourth-order valence-electron chi connectivity index (χ4n) is 2.08. The van der Waals surface area contributed by atoms with E-state index in [1.807, 2.05) is 24.3 Å². The van der Waals surface area contributed by atoms with Gasteiger partial charge in [-0.2, -0.15) is 0 Å². The van der Waals surface area contributed by atoms with Gasteiger partial charge in [0.1, 0.15) is 0 Å². The Balaban J connectivity index is 2.29. The molecule has 0 spiro atoms. The van der Waals surface area contributed by atoms with E-state index in [1.54, 1.807) is 0 Å². The van der Waals surface area contributed by atoms with E-state index < -0.39 is 0 Å². The minimum atomic E-state index is -0.195. The first-order valence-corrected chi connectivity index (χ1v) is 5.09. The fourth-order valence-corrected chi connectivity index (χ4v) is 2.35. The first-order valence-electron chi connectivity index (χ1n) is 4.71. The molecule has 0 aliphatic heterocycles. The summed E-state index contributed by atoms with van der Waals surface area (Å²) in [5, 5.41) is 10.5. The quantitative estimate of drug-likeness (QED) is 0.732. The monoisotopic (exact) mass is 196 g/mol. The fraction of sp³-hybridized carbons (Fsp3) is 0.455. The van der Waals surface area contributed by atoms with Crippen molar-refractivity contribution in [2.45, 2.75) is 31.3 Å². The number of rotatable bonds is 1. The van der Waals surface area contributed by atoms with Gasteiger partial charge in [-0.25, -0.2) is 0 Å². The summed E-state index contributed by atoms with van der Waals surface area (Å²) in [7, 11) is 0. The summed E-state index contributed by atoms with van der Waals surface area (Å²) in [5.74, 6) is 0.258. The third kappa shape index (κ3) is 1.72. The van der Waals surface area contributed by atoms with Crippen molar-refractivity contribution in [2.24, 2.45) is 0 Å². The molecule has 1 aliphatic carbocycles. The molecular weight excluding hydrogens is 184 g/mol. The lowest BCUT2D eigenvalue weighted by Gasteiger charge is -2.15. The van der Waals surface area contributed by atoms with Gasteiger partial charge in [-0.1, -0.05) is 36.2 Å². The van der Waals surface area contributed by atoms with Crippen molar-refractivity contribution in [3.05, 3.63) is 34.9 Å². The zero-order chi connectivity index (χ0) is 9.26. The molecule has 0 bridgehead atoms. The summed E-state index contributed by atoms with van der Waals surface area (Å²) in [6.07, 6.45) is 2.89. The third-order valence-electron chi connectivity index (χ3n) is 2.78. The van der Waals surface area contributed by atoms with E-state index in [0.29, 0.717) is 0 Å². The van der Waals surface area contributed by atoms with Crippen molar-refractivity contribution in [2.75, 3.05) is 0 Å². The summed E-state index contributed by atoms with van der Waals surface area (Å²) < 4.78 is 0. The van der Waals surface area contributed by atoms with Crippen LogP contribution < -0.4 is 0 Å². The average molecular weight is 197 g/mol. The highest BCUT2D eigenvalue weighted by Crippen LogP contribution is 2.37. The van der Waals surface area contributed by atoms with Gasteiger partial charge in [-0.15, -0.1) is 0 Å². The first-order chi connectivity index (χ1) is 6.29. The first kappa shape index (κ1) is 9.04. The maximum absolute atomic E-state index is 9.71. The van der Waals surface area contributed by atoms with Crippen molar-refractivity contribution >= 4 is 11.6 Å². The van der Waals surface area contributed by atoms with E-state index in [2.05, 4.69) is 0 Å². The maximum atomic E-state index is 9.71.